The molecule has 23 heavy (non-hydrogen) atoms. The SMILES string of the molecule is O=C(CCc1nc2ccccc2s1)N1CC[C@H]2CCCC[C@@H]2C1. The van der Waals surface area contributed by atoms with Crippen molar-refractivity contribution in [3.8, 4) is 0 Å². The lowest BCUT2D eigenvalue weighted by atomic mass is 9.75. The number of likely N-dealkylation sites (tertiary alicyclic amines) is 1. The Bertz CT molecular complexity index is 662. The van der Waals surface area contributed by atoms with Gasteiger partial charge in [-0.3, -0.25) is 4.79 Å². The van der Waals surface area contributed by atoms with Gasteiger partial charge >= 0.3 is 0 Å². The van der Waals surface area contributed by atoms with E-state index in [-0.39, 0.29) is 0 Å². The van der Waals surface area contributed by atoms with Gasteiger partial charge in [-0.2, -0.15) is 0 Å². The molecule has 122 valence electrons. The largest absolute Gasteiger partial charge is 0.342 e. The van der Waals surface area contributed by atoms with Crippen molar-refractivity contribution in [2.45, 2.75) is 44.9 Å². The number of amides is 1. The summed E-state index contributed by atoms with van der Waals surface area (Å²) in [6.07, 6.45) is 8.07. The van der Waals surface area contributed by atoms with E-state index < -0.39 is 0 Å². The minimum atomic E-state index is 0.327. The van der Waals surface area contributed by atoms with E-state index >= 15 is 0 Å². The van der Waals surface area contributed by atoms with E-state index in [0.29, 0.717) is 12.3 Å². The third-order valence-corrected chi connectivity index (χ3v) is 6.63. The first-order valence-corrected chi connectivity index (χ1v) is 9.73. The molecule has 2 atom stereocenters. The van der Waals surface area contributed by atoms with Crippen LogP contribution in [0, 0.1) is 11.8 Å². The lowest BCUT2D eigenvalue weighted by molar-refractivity contribution is -0.134. The molecular weight excluding hydrogens is 304 g/mol. The van der Waals surface area contributed by atoms with Crippen molar-refractivity contribution in [1.29, 1.82) is 0 Å². The number of benzene rings is 1. The van der Waals surface area contributed by atoms with E-state index in [1.807, 2.05) is 18.2 Å². The van der Waals surface area contributed by atoms with Crippen LogP contribution in [-0.2, 0) is 11.2 Å². The molecule has 1 aromatic carbocycles. The molecular formula is C19H24N2OS. The number of carbonyl (C=O) groups excluding carboxylic acids is 1. The molecule has 1 saturated heterocycles. The fourth-order valence-corrected chi connectivity index (χ4v) is 5.19. The summed E-state index contributed by atoms with van der Waals surface area (Å²) < 4.78 is 1.22. The molecule has 2 fully saturated rings. The Labute approximate surface area is 141 Å². The number of hydrogen-bond acceptors (Lipinski definition) is 3. The van der Waals surface area contributed by atoms with Crippen LogP contribution in [0.2, 0.25) is 0 Å². The van der Waals surface area contributed by atoms with Crippen molar-refractivity contribution in [3.05, 3.63) is 29.3 Å². The van der Waals surface area contributed by atoms with Gasteiger partial charge in [0.05, 0.1) is 15.2 Å². The molecule has 2 aliphatic rings. The summed E-state index contributed by atoms with van der Waals surface area (Å²) in [6.45, 7) is 1.98. The van der Waals surface area contributed by atoms with Crippen molar-refractivity contribution >= 4 is 27.5 Å². The highest BCUT2D eigenvalue weighted by Gasteiger charge is 2.32. The summed E-state index contributed by atoms with van der Waals surface area (Å²) in [7, 11) is 0. The maximum absolute atomic E-state index is 12.6. The molecule has 0 N–H and O–H groups in total. The summed E-state index contributed by atoms with van der Waals surface area (Å²) in [5.41, 5.74) is 1.06. The van der Waals surface area contributed by atoms with Crippen LogP contribution in [0.25, 0.3) is 10.2 Å². The topological polar surface area (TPSA) is 33.2 Å². The van der Waals surface area contributed by atoms with Crippen LogP contribution < -0.4 is 0 Å². The van der Waals surface area contributed by atoms with Gasteiger partial charge in [-0.15, -0.1) is 11.3 Å². The summed E-state index contributed by atoms with van der Waals surface area (Å²) in [4.78, 5) is 19.3. The molecule has 1 aliphatic carbocycles. The molecule has 1 aliphatic heterocycles. The Morgan fingerprint density at radius 1 is 1.17 bits per heavy atom. The smallest absolute Gasteiger partial charge is 0.222 e. The van der Waals surface area contributed by atoms with Crippen LogP contribution in [0.5, 0.6) is 0 Å². The molecule has 3 nitrogen and oxygen atoms in total. The molecule has 0 spiro atoms. The van der Waals surface area contributed by atoms with E-state index in [1.54, 1.807) is 11.3 Å². The van der Waals surface area contributed by atoms with E-state index in [4.69, 9.17) is 0 Å². The van der Waals surface area contributed by atoms with Gasteiger partial charge in [0.1, 0.15) is 0 Å². The van der Waals surface area contributed by atoms with Gasteiger partial charge in [-0.25, -0.2) is 4.98 Å². The number of nitrogens with zero attached hydrogens (tertiary/aromatic N) is 2. The zero-order valence-corrected chi connectivity index (χ0v) is 14.4. The Balaban J connectivity index is 1.34. The second kappa shape index (κ2) is 6.60. The third-order valence-electron chi connectivity index (χ3n) is 5.53. The Morgan fingerprint density at radius 2 is 2.00 bits per heavy atom. The molecule has 1 amide bonds. The normalized spacial score (nSPS) is 24.6. The maximum atomic E-state index is 12.6. The van der Waals surface area contributed by atoms with E-state index in [2.05, 4.69) is 16.0 Å². The first-order chi connectivity index (χ1) is 11.3. The van der Waals surface area contributed by atoms with Gasteiger partial charge in [0, 0.05) is 25.9 Å². The average Bonchev–Trinajstić information content (AvgIpc) is 3.02. The Morgan fingerprint density at radius 3 is 2.87 bits per heavy atom. The van der Waals surface area contributed by atoms with Gasteiger partial charge < -0.3 is 4.90 Å². The molecule has 1 saturated carbocycles. The minimum absolute atomic E-state index is 0.327. The lowest BCUT2D eigenvalue weighted by Crippen LogP contribution is -2.44. The van der Waals surface area contributed by atoms with Crippen molar-refractivity contribution in [1.82, 2.24) is 9.88 Å². The van der Waals surface area contributed by atoms with Gasteiger partial charge in [-0.1, -0.05) is 31.4 Å². The highest BCUT2D eigenvalue weighted by atomic mass is 32.1. The summed E-state index contributed by atoms with van der Waals surface area (Å²) in [5.74, 6) is 1.98. The lowest BCUT2D eigenvalue weighted by Gasteiger charge is -2.41. The van der Waals surface area contributed by atoms with Crippen molar-refractivity contribution < 1.29 is 4.79 Å². The summed E-state index contributed by atoms with van der Waals surface area (Å²) in [6, 6.07) is 8.21. The molecule has 2 heterocycles. The number of rotatable bonds is 3. The van der Waals surface area contributed by atoms with Crippen LogP contribution in [0.4, 0.5) is 0 Å². The number of para-hydroxylation sites is 1. The molecule has 2 aromatic rings. The minimum Gasteiger partial charge on any atom is -0.342 e. The number of carbonyl (C=O) groups is 1. The molecule has 1 aromatic heterocycles. The summed E-state index contributed by atoms with van der Waals surface area (Å²) >= 11 is 1.72. The first-order valence-electron chi connectivity index (χ1n) is 8.92. The van der Waals surface area contributed by atoms with E-state index in [0.717, 1.165) is 41.9 Å². The average molecular weight is 328 g/mol. The fraction of sp³-hybridized carbons (Fsp3) is 0.579. The van der Waals surface area contributed by atoms with Gasteiger partial charge in [0.25, 0.3) is 0 Å². The van der Waals surface area contributed by atoms with Crippen LogP contribution in [0.3, 0.4) is 0 Å². The molecule has 0 bridgehead atoms. The zero-order chi connectivity index (χ0) is 15.6. The van der Waals surface area contributed by atoms with Gasteiger partial charge in [0.2, 0.25) is 5.91 Å². The maximum Gasteiger partial charge on any atom is 0.222 e. The second-order valence-corrected chi connectivity index (χ2v) is 8.12. The fourth-order valence-electron chi connectivity index (χ4n) is 4.23. The van der Waals surface area contributed by atoms with Gasteiger partial charge in [0.15, 0.2) is 0 Å². The second-order valence-electron chi connectivity index (χ2n) is 7.01. The summed E-state index contributed by atoms with van der Waals surface area (Å²) in [5, 5.41) is 1.09. The molecule has 4 heteroatoms. The van der Waals surface area contributed by atoms with Crippen LogP contribution in [0.15, 0.2) is 24.3 Å². The molecule has 4 rings (SSSR count). The number of aromatic nitrogens is 1. The zero-order valence-electron chi connectivity index (χ0n) is 13.5. The monoisotopic (exact) mass is 328 g/mol. The number of fused-ring (bicyclic) bond motifs is 2. The Kier molecular flexibility index (Phi) is 4.34. The standard InChI is InChI=1S/C19H24N2OS/c22-19(21-12-11-14-5-1-2-6-15(14)13-21)10-9-18-20-16-7-3-4-8-17(16)23-18/h3-4,7-8,14-15H,1-2,5-6,9-13H2/t14-,15-/m1/s1. The van der Waals surface area contributed by atoms with Gasteiger partial charge in [-0.05, 0) is 36.8 Å². The third kappa shape index (κ3) is 3.27. The highest BCUT2D eigenvalue weighted by Crippen LogP contribution is 2.36. The van der Waals surface area contributed by atoms with Crippen LogP contribution in [-0.4, -0.2) is 28.9 Å². The van der Waals surface area contributed by atoms with E-state index in [9.17, 15) is 4.79 Å². The van der Waals surface area contributed by atoms with Crippen LogP contribution in [0.1, 0.15) is 43.5 Å². The predicted molar refractivity (Wildman–Crippen MR) is 94.6 cm³/mol. The van der Waals surface area contributed by atoms with Crippen molar-refractivity contribution in [2.75, 3.05) is 13.1 Å². The number of thiazole rings is 1. The molecule has 0 unspecified atom stereocenters. The molecule has 0 radical (unpaired) electrons. The van der Waals surface area contributed by atoms with Crippen molar-refractivity contribution in [2.24, 2.45) is 11.8 Å². The number of aryl methyl sites for hydroxylation is 1. The number of hydrogen-bond donors (Lipinski definition) is 0. The van der Waals surface area contributed by atoms with E-state index in [1.165, 1.54) is 36.8 Å². The first kappa shape index (κ1) is 15.1. The number of piperidine rings is 1. The Hall–Kier alpha value is -1.42. The quantitative estimate of drug-likeness (QED) is 0.843. The van der Waals surface area contributed by atoms with Crippen molar-refractivity contribution in [3.63, 3.8) is 0 Å². The highest BCUT2D eigenvalue weighted by molar-refractivity contribution is 7.18. The van der Waals surface area contributed by atoms with Crippen LogP contribution >= 0.6 is 11.3 Å². The predicted octanol–water partition coefficient (Wildman–Crippen LogP) is 4.27.